The van der Waals surface area contributed by atoms with Gasteiger partial charge in [0.15, 0.2) is 0 Å². The number of likely N-dealkylation sites (N-methyl/N-ethyl adjacent to an activating group) is 1. The van der Waals surface area contributed by atoms with Crippen LogP contribution in [0.15, 0.2) is 6.07 Å². The Morgan fingerprint density at radius 3 is 3.17 bits per heavy atom. The van der Waals surface area contributed by atoms with E-state index in [-0.39, 0.29) is 6.10 Å². The van der Waals surface area contributed by atoms with Crippen LogP contribution in [0, 0.1) is 18.3 Å². The molecule has 0 bridgehead atoms. The number of anilines is 1. The topological polar surface area (TPSA) is 74.1 Å². The van der Waals surface area contributed by atoms with Crippen LogP contribution in [0.2, 0.25) is 0 Å². The van der Waals surface area contributed by atoms with Gasteiger partial charge >= 0.3 is 0 Å². The van der Waals surface area contributed by atoms with Crippen molar-refractivity contribution >= 4 is 5.95 Å². The average molecular weight is 247 g/mol. The van der Waals surface area contributed by atoms with Crippen LogP contribution >= 0.6 is 0 Å². The van der Waals surface area contributed by atoms with Crippen molar-refractivity contribution in [3.63, 3.8) is 0 Å². The summed E-state index contributed by atoms with van der Waals surface area (Å²) < 4.78 is 5.63. The van der Waals surface area contributed by atoms with Crippen LogP contribution in [0.25, 0.3) is 0 Å². The number of ether oxygens (including phenoxy) is 1. The third kappa shape index (κ3) is 3.39. The van der Waals surface area contributed by atoms with E-state index >= 15 is 0 Å². The highest BCUT2D eigenvalue weighted by atomic mass is 16.5. The minimum Gasteiger partial charge on any atom is -0.374 e. The molecule has 96 valence electrons. The Kier molecular flexibility index (Phi) is 4.07. The normalized spacial score (nSPS) is 20.4. The molecule has 6 nitrogen and oxygen atoms in total. The maximum absolute atomic E-state index is 8.84. The predicted molar refractivity (Wildman–Crippen MR) is 67.2 cm³/mol. The molecule has 1 aliphatic rings. The molecule has 1 aromatic heterocycles. The summed E-state index contributed by atoms with van der Waals surface area (Å²) in [5.74, 6) is 0.489. The number of hydrogen-bond acceptors (Lipinski definition) is 6. The number of nitrogens with one attached hydrogen (secondary N) is 1. The highest BCUT2D eigenvalue weighted by molar-refractivity contribution is 5.33. The van der Waals surface area contributed by atoms with E-state index in [0.29, 0.717) is 18.2 Å². The Labute approximate surface area is 107 Å². The summed E-state index contributed by atoms with van der Waals surface area (Å²) in [5.41, 5.74) is 1.16. The van der Waals surface area contributed by atoms with Gasteiger partial charge in [0.05, 0.1) is 12.7 Å². The zero-order valence-electron chi connectivity index (χ0n) is 10.7. The number of nitrogens with zero attached hydrogens (tertiary/aromatic N) is 4. The fourth-order valence-corrected chi connectivity index (χ4v) is 1.90. The molecule has 2 heterocycles. The lowest BCUT2D eigenvalue weighted by Gasteiger charge is -2.30. The first-order chi connectivity index (χ1) is 8.67. The standard InChI is InChI=1S/C12H17N5O/c1-9-5-10(6-13)16-12(15-9)14-7-11-8-17(2)3-4-18-11/h5,11H,3-4,7-8H2,1-2H3,(H,14,15,16). The SMILES string of the molecule is Cc1cc(C#N)nc(NCC2CN(C)CCO2)n1. The second-order valence-corrected chi connectivity index (χ2v) is 4.47. The largest absolute Gasteiger partial charge is 0.374 e. The Bertz CT molecular complexity index is 456. The van der Waals surface area contributed by atoms with E-state index in [4.69, 9.17) is 10.00 Å². The molecule has 1 N–H and O–H groups in total. The summed E-state index contributed by atoms with van der Waals surface area (Å²) in [6.45, 7) is 5.11. The van der Waals surface area contributed by atoms with Gasteiger partial charge in [0.2, 0.25) is 5.95 Å². The van der Waals surface area contributed by atoms with E-state index in [0.717, 1.165) is 25.4 Å². The van der Waals surface area contributed by atoms with Crippen molar-refractivity contribution in [2.75, 3.05) is 38.6 Å². The first-order valence-electron chi connectivity index (χ1n) is 5.97. The van der Waals surface area contributed by atoms with Gasteiger partial charge in [-0.1, -0.05) is 0 Å². The van der Waals surface area contributed by atoms with Gasteiger partial charge in [-0.15, -0.1) is 0 Å². The summed E-state index contributed by atoms with van der Waals surface area (Å²) in [6, 6.07) is 3.69. The van der Waals surface area contributed by atoms with Crippen LogP contribution in [0.3, 0.4) is 0 Å². The van der Waals surface area contributed by atoms with Crippen LogP contribution in [0.5, 0.6) is 0 Å². The third-order valence-corrected chi connectivity index (χ3v) is 2.80. The predicted octanol–water partition coefficient (Wildman–Crippen LogP) is 0.399. The van der Waals surface area contributed by atoms with Crippen molar-refractivity contribution < 1.29 is 4.74 Å². The van der Waals surface area contributed by atoms with Crippen molar-refractivity contribution in [1.29, 1.82) is 5.26 Å². The molecule has 0 saturated carbocycles. The zero-order chi connectivity index (χ0) is 13.0. The fourth-order valence-electron chi connectivity index (χ4n) is 1.90. The highest BCUT2D eigenvalue weighted by Gasteiger charge is 2.17. The van der Waals surface area contributed by atoms with Crippen molar-refractivity contribution in [3.05, 3.63) is 17.5 Å². The van der Waals surface area contributed by atoms with Crippen LogP contribution in [-0.2, 0) is 4.74 Å². The summed E-state index contributed by atoms with van der Waals surface area (Å²) in [6.07, 6.45) is 0.137. The van der Waals surface area contributed by atoms with Gasteiger partial charge in [-0.05, 0) is 20.0 Å². The zero-order valence-corrected chi connectivity index (χ0v) is 10.7. The van der Waals surface area contributed by atoms with E-state index in [1.54, 1.807) is 6.07 Å². The number of aromatic nitrogens is 2. The summed E-state index contributed by atoms with van der Waals surface area (Å²) in [5, 5.41) is 12.0. The van der Waals surface area contributed by atoms with E-state index in [1.165, 1.54) is 0 Å². The van der Waals surface area contributed by atoms with Crippen molar-refractivity contribution in [2.24, 2.45) is 0 Å². The second-order valence-electron chi connectivity index (χ2n) is 4.47. The average Bonchev–Trinajstić information content (AvgIpc) is 2.36. The van der Waals surface area contributed by atoms with E-state index in [2.05, 4.69) is 27.2 Å². The van der Waals surface area contributed by atoms with Crippen molar-refractivity contribution in [3.8, 4) is 6.07 Å². The monoisotopic (exact) mass is 247 g/mol. The minimum atomic E-state index is 0.137. The van der Waals surface area contributed by atoms with Crippen molar-refractivity contribution in [1.82, 2.24) is 14.9 Å². The molecule has 6 heteroatoms. The Morgan fingerprint density at radius 1 is 1.61 bits per heavy atom. The summed E-state index contributed by atoms with van der Waals surface area (Å²) >= 11 is 0. The lowest BCUT2D eigenvalue weighted by atomic mass is 10.3. The minimum absolute atomic E-state index is 0.137. The Hall–Kier alpha value is -1.71. The van der Waals surface area contributed by atoms with Gasteiger partial charge in [0.1, 0.15) is 11.8 Å². The van der Waals surface area contributed by atoms with Crippen LogP contribution < -0.4 is 5.32 Å². The molecule has 2 rings (SSSR count). The maximum atomic E-state index is 8.84. The highest BCUT2D eigenvalue weighted by Crippen LogP contribution is 2.07. The van der Waals surface area contributed by atoms with Gasteiger partial charge in [0.25, 0.3) is 0 Å². The molecule has 0 amide bonds. The Balaban J connectivity index is 1.93. The molecular weight excluding hydrogens is 230 g/mol. The van der Waals surface area contributed by atoms with E-state index in [1.807, 2.05) is 13.0 Å². The molecule has 0 spiro atoms. The van der Waals surface area contributed by atoms with Gasteiger partial charge in [-0.25, -0.2) is 9.97 Å². The number of hydrogen-bond donors (Lipinski definition) is 1. The lowest BCUT2D eigenvalue weighted by molar-refractivity contribution is -0.0118. The molecule has 1 aromatic rings. The first kappa shape index (κ1) is 12.7. The molecule has 0 radical (unpaired) electrons. The van der Waals surface area contributed by atoms with Crippen LogP contribution in [-0.4, -0.2) is 54.3 Å². The molecule has 1 saturated heterocycles. The smallest absolute Gasteiger partial charge is 0.224 e. The molecular formula is C12H17N5O. The van der Waals surface area contributed by atoms with E-state index < -0.39 is 0 Å². The van der Waals surface area contributed by atoms with Gasteiger partial charge in [-0.2, -0.15) is 5.26 Å². The van der Waals surface area contributed by atoms with Crippen molar-refractivity contribution in [2.45, 2.75) is 13.0 Å². The second kappa shape index (κ2) is 5.76. The third-order valence-electron chi connectivity index (χ3n) is 2.80. The molecule has 0 aliphatic carbocycles. The van der Waals surface area contributed by atoms with Crippen LogP contribution in [0.1, 0.15) is 11.4 Å². The molecule has 1 fully saturated rings. The Morgan fingerprint density at radius 2 is 2.44 bits per heavy atom. The molecule has 1 atom stereocenters. The quantitative estimate of drug-likeness (QED) is 0.833. The van der Waals surface area contributed by atoms with Gasteiger partial charge < -0.3 is 15.0 Å². The summed E-state index contributed by atoms with van der Waals surface area (Å²) in [7, 11) is 2.08. The number of aryl methyl sites for hydroxylation is 1. The molecule has 0 aromatic carbocycles. The number of morpholine rings is 1. The van der Waals surface area contributed by atoms with Gasteiger partial charge in [-0.3, -0.25) is 0 Å². The molecule has 1 unspecified atom stereocenters. The molecule has 1 aliphatic heterocycles. The first-order valence-corrected chi connectivity index (χ1v) is 5.97. The van der Waals surface area contributed by atoms with Gasteiger partial charge in [0, 0.05) is 25.3 Å². The maximum Gasteiger partial charge on any atom is 0.224 e. The number of rotatable bonds is 3. The fraction of sp³-hybridized carbons (Fsp3) is 0.583. The van der Waals surface area contributed by atoms with E-state index in [9.17, 15) is 0 Å². The number of nitriles is 1. The molecule has 18 heavy (non-hydrogen) atoms. The van der Waals surface area contributed by atoms with Crippen LogP contribution in [0.4, 0.5) is 5.95 Å². The summed E-state index contributed by atoms with van der Waals surface area (Å²) in [4.78, 5) is 10.6. The lowest BCUT2D eigenvalue weighted by Crippen LogP contribution is -2.43.